The predicted molar refractivity (Wildman–Crippen MR) is 109 cm³/mol. The fraction of sp³-hybridized carbons (Fsp3) is 0.263. The summed E-state index contributed by atoms with van der Waals surface area (Å²) in [6.07, 6.45) is 0.935. The fourth-order valence-corrected chi connectivity index (χ4v) is 3.18. The van der Waals surface area contributed by atoms with Crippen LogP contribution in [-0.2, 0) is 4.79 Å². The molecule has 26 heavy (non-hydrogen) atoms. The van der Waals surface area contributed by atoms with Crippen LogP contribution in [0.5, 0.6) is 5.75 Å². The molecule has 0 saturated carbocycles. The number of para-hydroxylation sites is 2. The summed E-state index contributed by atoms with van der Waals surface area (Å²) in [6.45, 7) is 0.450. The second-order valence-corrected chi connectivity index (χ2v) is 7.54. The molecule has 0 bridgehead atoms. The standard InChI is InChI=1S/C19H21BrN2O3S/c1-22(2)19(24)26-17-11-6-4-9-15(17)21-18(23)12-7-13-25-16-10-5-3-8-14(16)20/h3-6,8-11H,7,12-13H2,1-2H3,(H,21,23). The Morgan fingerprint density at radius 2 is 1.81 bits per heavy atom. The molecule has 0 aromatic heterocycles. The number of carbonyl (C=O) groups excluding carboxylic acids is 2. The fourth-order valence-electron chi connectivity index (χ4n) is 2.03. The molecule has 2 aromatic rings. The summed E-state index contributed by atoms with van der Waals surface area (Å²) in [6, 6.07) is 14.9. The van der Waals surface area contributed by atoms with Gasteiger partial charge in [-0.15, -0.1) is 0 Å². The smallest absolute Gasteiger partial charge is 0.286 e. The van der Waals surface area contributed by atoms with E-state index in [0.29, 0.717) is 25.1 Å². The lowest BCUT2D eigenvalue weighted by molar-refractivity contribution is -0.116. The minimum Gasteiger partial charge on any atom is -0.492 e. The van der Waals surface area contributed by atoms with Gasteiger partial charge in [0.2, 0.25) is 5.91 Å². The number of benzene rings is 2. The van der Waals surface area contributed by atoms with E-state index in [0.717, 1.165) is 26.9 Å². The molecule has 0 fully saturated rings. The average molecular weight is 437 g/mol. The number of ether oxygens (including phenoxy) is 1. The first-order valence-corrected chi connectivity index (χ1v) is 9.73. The van der Waals surface area contributed by atoms with Gasteiger partial charge < -0.3 is 15.0 Å². The third-order valence-electron chi connectivity index (χ3n) is 3.37. The van der Waals surface area contributed by atoms with Gasteiger partial charge in [-0.1, -0.05) is 24.3 Å². The summed E-state index contributed by atoms with van der Waals surface area (Å²) in [5.74, 6) is 0.655. The van der Waals surface area contributed by atoms with Crippen molar-refractivity contribution < 1.29 is 14.3 Å². The molecule has 0 aliphatic heterocycles. The van der Waals surface area contributed by atoms with E-state index in [9.17, 15) is 9.59 Å². The Kier molecular flexibility index (Phi) is 8.00. The topological polar surface area (TPSA) is 58.6 Å². The number of rotatable bonds is 7. The van der Waals surface area contributed by atoms with Gasteiger partial charge >= 0.3 is 0 Å². The zero-order chi connectivity index (χ0) is 18.9. The average Bonchev–Trinajstić information content (AvgIpc) is 2.61. The summed E-state index contributed by atoms with van der Waals surface area (Å²) >= 11 is 4.51. The normalized spacial score (nSPS) is 10.3. The summed E-state index contributed by atoms with van der Waals surface area (Å²) in [5.41, 5.74) is 0.643. The summed E-state index contributed by atoms with van der Waals surface area (Å²) < 4.78 is 6.55. The van der Waals surface area contributed by atoms with Gasteiger partial charge in [0.15, 0.2) is 0 Å². The van der Waals surface area contributed by atoms with Crippen LogP contribution in [0.25, 0.3) is 0 Å². The van der Waals surface area contributed by atoms with Gasteiger partial charge in [0.1, 0.15) is 5.75 Å². The number of thioether (sulfide) groups is 1. The van der Waals surface area contributed by atoms with Gasteiger partial charge in [-0.2, -0.15) is 0 Å². The zero-order valence-electron chi connectivity index (χ0n) is 14.7. The Labute approximate surface area is 166 Å². The van der Waals surface area contributed by atoms with Crippen LogP contribution in [0.2, 0.25) is 0 Å². The molecule has 0 unspecified atom stereocenters. The van der Waals surface area contributed by atoms with Gasteiger partial charge in [0.05, 0.1) is 16.8 Å². The molecule has 5 nitrogen and oxygen atoms in total. The highest BCUT2D eigenvalue weighted by molar-refractivity contribution is 9.10. The summed E-state index contributed by atoms with van der Waals surface area (Å²) in [5, 5.41) is 2.78. The number of hydrogen-bond donors (Lipinski definition) is 1. The molecule has 1 N–H and O–H groups in total. The Hall–Kier alpha value is -1.99. The SMILES string of the molecule is CN(C)C(=O)Sc1ccccc1NC(=O)CCCOc1ccccc1Br. The van der Waals surface area contributed by atoms with Crippen LogP contribution in [0.15, 0.2) is 57.9 Å². The number of anilines is 1. The van der Waals surface area contributed by atoms with Crippen molar-refractivity contribution in [2.45, 2.75) is 17.7 Å². The van der Waals surface area contributed by atoms with E-state index in [-0.39, 0.29) is 11.1 Å². The highest BCUT2D eigenvalue weighted by atomic mass is 79.9. The lowest BCUT2D eigenvalue weighted by Gasteiger charge is -2.13. The van der Waals surface area contributed by atoms with Crippen LogP contribution >= 0.6 is 27.7 Å². The minimum atomic E-state index is -0.105. The Bertz CT molecular complexity index is 768. The van der Waals surface area contributed by atoms with Crippen LogP contribution in [0, 0.1) is 0 Å². The first-order chi connectivity index (χ1) is 12.5. The van der Waals surface area contributed by atoms with E-state index < -0.39 is 0 Å². The van der Waals surface area contributed by atoms with E-state index >= 15 is 0 Å². The third-order valence-corrected chi connectivity index (χ3v) is 5.14. The molecule has 0 saturated heterocycles. The van der Waals surface area contributed by atoms with Crippen LogP contribution < -0.4 is 10.1 Å². The van der Waals surface area contributed by atoms with Gasteiger partial charge in [-0.05, 0) is 58.4 Å². The maximum absolute atomic E-state index is 12.2. The lowest BCUT2D eigenvalue weighted by Crippen LogP contribution is -2.17. The van der Waals surface area contributed by atoms with Crippen LogP contribution in [0.4, 0.5) is 10.5 Å². The molecule has 138 valence electrons. The van der Waals surface area contributed by atoms with Gasteiger partial charge in [0, 0.05) is 25.4 Å². The first-order valence-electron chi connectivity index (χ1n) is 8.12. The summed E-state index contributed by atoms with van der Waals surface area (Å²) in [4.78, 5) is 26.3. The van der Waals surface area contributed by atoms with E-state index in [2.05, 4.69) is 21.2 Å². The monoisotopic (exact) mass is 436 g/mol. The molecule has 0 aliphatic rings. The number of hydrogen-bond acceptors (Lipinski definition) is 4. The first kappa shape index (κ1) is 20.3. The second-order valence-electron chi connectivity index (χ2n) is 5.69. The van der Waals surface area contributed by atoms with Crippen molar-refractivity contribution in [1.29, 1.82) is 0 Å². The molecule has 0 heterocycles. The number of carbonyl (C=O) groups is 2. The van der Waals surface area contributed by atoms with Crippen LogP contribution in [-0.4, -0.2) is 36.7 Å². The molecule has 2 rings (SSSR count). The van der Waals surface area contributed by atoms with Crippen molar-refractivity contribution in [3.05, 3.63) is 53.0 Å². The van der Waals surface area contributed by atoms with Crippen LogP contribution in [0.1, 0.15) is 12.8 Å². The lowest BCUT2D eigenvalue weighted by atomic mass is 10.2. The third kappa shape index (κ3) is 6.38. The van der Waals surface area contributed by atoms with Crippen molar-refractivity contribution in [1.82, 2.24) is 4.90 Å². The van der Waals surface area contributed by atoms with Gasteiger partial charge in [-0.3, -0.25) is 9.59 Å². The number of nitrogens with one attached hydrogen (secondary N) is 1. The van der Waals surface area contributed by atoms with Gasteiger partial charge in [0.25, 0.3) is 5.24 Å². The maximum atomic E-state index is 12.2. The minimum absolute atomic E-state index is 0.0893. The summed E-state index contributed by atoms with van der Waals surface area (Å²) in [7, 11) is 3.39. The van der Waals surface area contributed by atoms with Crippen molar-refractivity contribution in [3.63, 3.8) is 0 Å². The largest absolute Gasteiger partial charge is 0.492 e. The van der Waals surface area contributed by atoms with E-state index in [1.165, 1.54) is 4.90 Å². The molecule has 0 aliphatic carbocycles. The van der Waals surface area contributed by atoms with Gasteiger partial charge in [-0.25, -0.2) is 0 Å². The number of halogens is 1. The highest BCUT2D eigenvalue weighted by Crippen LogP contribution is 2.29. The molecule has 2 aromatic carbocycles. The Balaban J connectivity index is 1.82. The quantitative estimate of drug-likeness (QED) is 0.488. The van der Waals surface area contributed by atoms with E-state index in [4.69, 9.17) is 4.74 Å². The highest BCUT2D eigenvalue weighted by Gasteiger charge is 2.12. The van der Waals surface area contributed by atoms with Crippen molar-refractivity contribution in [2.75, 3.05) is 26.0 Å². The molecule has 0 radical (unpaired) electrons. The predicted octanol–water partition coefficient (Wildman–Crippen LogP) is 5.02. The van der Waals surface area contributed by atoms with E-state index in [1.54, 1.807) is 20.2 Å². The van der Waals surface area contributed by atoms with Crippen molar-refractivity contribution >= 4 is 44.5 Å². The maximum Gasteiger partial charge on any atom is 0.286 e. The number of nitrogens with zero attached hydrogens (tertiary/aromatic N) is 1. The Morgan fingerprint density at radius 3 is 2.54 bits per heavy atom. The molecule has 2 amide bonds. The van der Waals surface area contributed by atoms with Crippen molar-refractivity contribution in [3.8, 4) is 5.75 Å². The Morgan fingerprint density at radius 1 is 1.12 bits per heavy atom. The zero-order valence-corrected chi connectivity index (χ0v) is 17.1. The van der Waals surface area contributed by atoms with Crippen molar-refractivity contribution in [2.24, 2.45) is 0 Å². The number of amides is 2. The van der Waals surface area contributed by atoms with Crippen LogP contribution in [0.3, 0.4) is 0 Å². The molecule has 7 heteroatoms. The molecule has 0 atom stereocenters. The second kappa shape index (κ2) is 10.2. The van der Waals surface area contributed by atoms with E-state index in [1.807, 2.05) is 42.5 Å². The molecule has 0 spiro atoms. The molecular formula is C19H21BrN2O3S. The molecular weight excluding hydrogens is 416 g/mol.